The van der Waals surface area contributed by atoms with Crippen molar-refractivity contribution in [3.63, 3.8) is 0 Å². The lowest BCUT2D eigenvalue weighted by molar-refractivity contribution is -0.141. The largest absolute Gasteiger partial charge is 0.433 e. The molecule has 34 heavy (non-hydrogen) atoms. The maximum atomic E-state index is 15.2. The molecule has 5 nitrogen and oxygen atoms in total. The molecule has 0 bridgehead atoms. The molecule has 3 aromatic rings. The third kappa shape index (κ3) is 5.12. The van der Waals surface area contributed by atoms with Gasteiger partial charge in [-0.25, -0.2) is 17.5 Å². The van der Waals surface area contributed by atoms with E-state index < -0.39 is 33.8 Å². The number of halogens is 4. The predicted octanol–water partition coefficient (Wildman–Crippen LogP) is 6.05. The van der Waals surface area contributed by atoms with E-state index in [-0.39, 0.29) is 21.8 Å². The Labute approximate surface area is 196 Å². The predicted molar refractivity (Wildman–Crippen MR) is 123 cm³/mol. The molecule has 0 saturated heterocycles. The molecule has 2 aromatic heterocycles. The standard InChI is InChI=1S/C24H27F4N3O2S/c1-14(30-34(32,33)16-6-7-16)19-12-31(13-23(2,3)4)21-10-17(20(25)9-18(19)21)15-5-8-22(29-11-15)24(26,27)28/h5,8-12,14,16,30H,6-7,13H2,1-4H3. The second kappa shape index (κ2) is 8.34. The summed E-state index contributed by atoms with van der Waals surface area (Å²) >= 11 is 0. The molecule has 0 radical (unpaired) electrons. The molecule has 0 spiro atoms. The number of benzene rings is 1. The highest BCUT2D eigenvalue weighted by Gasteiger charge is 2.37. The Morgan fingerprint density at radius 2 is 1.85 bits per heavy atom. The smallest absolute Gasteiger partial charge is 0.347 e. The zero-order valence-corrected chi connectivity index (χ0v) is 20.2. The maximum absolute atomic E-state index is 15.2. The van der Waals surface area contributed by atoms with Gasteiger partial charge in [0.2, 0.25) is 10.0 Å². The first-order valence-corrected chi connectivity index (χ1v) is 12.6. The lowest BCUT2D eigenvalue weighted by atomic mass is 9.96. The highest BCUT2D eigenvalue weighted by molar-refractivity contribution is 7.90. The van der Waals surface area contributed by atoms with E-state index in [0.717, 1.165) is 12.3 Å². The molecular weight excluding hydrogens is 470 g/mol. The minimum atomic E-state index is -4.58. The molecule has 0 amide bonds. The van der Waals surface area contributed by atoms with E-state index in [0.29, 0.717) is 35.9 Å². The van der Waals surface area contributed by atoms with Crippen LogP contribution in [-0.4, -0.2) is 23.2 Å². The molecule has 10 heteroatoms. The van der Waals surface area contributed by atoms with Crippen molar-refractivity contribution >= 4 is 20.9 Å². The number of rotatable bonds is 6. The van der Waals surface area contributed by atoms with Crippen LogP contribution in [0.2, 0.25) is 0 Å². The minimum absolute atomic E-state index is 0.125. The zero-order valence-electron chi connectivity index (χ0n) is 19.4. The van der Waals surface area contributed by atoms with Gasteiger partial charge in [0.25, 0.3) is 0 Å². The molecule has 0 aliphatic heterocycles. The molecule has 1 N–H and O–H groups in total. The third-order valence-electron chi connectivity index (χ3n) is 5.78. The average Bonchev–Trinajstić information content (AvgIpc) is 3.51. The number of pyridine rings is 1. The van der Waals surface area contributed by atoms with Gasteiger partial charge in [0.1, 0.15) is 11.5 Å². The molecule has 184 valence electrons. The van der Waals surface area contributed by atoms with Crippen molar-refractivity contribution in [3.8, 4) is 11.1 Å². The number of alkyl halides is 3. The van der Waals surface area contributed by atoms with Crippen molar-refractivity contribution in [3.05, 3.63) is 53.7 Å². The highest BCUT2D eigenvalue weighted by atomic mass is 32.2. The van der Waals surface area contributed by atoms with Gasteiger partial charge < -0.3 is 4.57 Å². The monoisotopic (exact) mass is 497 g/mol. The van der Waals surface area contributed by atoms with Crippen LogP contribution in [0.25, 0.3) is 22.0 Å². The number of aromatic nitrogens is 2. The molecule has 4 rings (SSSR count). The Balaban J connectivity index is 1.80. The van der Waals surface area contributed by atoms with Gasteiger partial charge in [-0.15, -0.1) is 0 Å². The Hall–Kier alpha value is -2.46. The second-order valence-corrected chi connectivity index (χ2v) is 12.1. The minimum Gasteiger partial charge on any atom is -0.347 e. The number of hydrogen-bond donors (Lipinski definition) is 1. The van der Waals surface area contributed by atoms with Gasteiger partial charge in [-0.1, -0.05) is 26.8 Å². The molecule has 1 unspecified atom stereocenters. The summed E-state index contributed by atoms with van der Waals surface area (Å²) in [5, 5.41) is 0.171. The molecule has 1 fully saturated rings. The van der Waals surface area contributed by atoms with E-state index in [1.807, 2.05) is 31.5 Å². The number of fused-ring (bicyclic) bond motifs is 1. The van der Waals surface area contributed by atoms with Crippen molar-refractivity contribution in [2.24, 2.45) is 5.41 Å². The summed E-state index contributed by atoms with van der Waals surface area (Å²) in [5.41, 5.74) is 0.468. The van der Waals surface area contributed by atoms with Crippen molar-refractivity contribution in [2.45, 2.75) is 64.5 Å². The summed E-state index contributed by atoms with van der Waals surface area (Å²) in [7, 11) is -3.46. The number of nitrogens with zero attached hydrogens (tertiary/aromatic N) is 2. The molecule has 1 aliphatic rings. The van der Waals surface area contributed by atoms with Crippen LogP contribution < -0.4 is 4.72 Å². The highest BCUT2D eigenvalue weighted by Crippen LogP contribution is 2.36. The quantitative estimate of drug-likeness (QED) is 0.422. The Kier molecular flexibility index (Phi) is 6.05. The number of sulfonamides is 1. The average molecular weight is 498 g/mol. The van der Waals surface area contributed by atoms with Crippen LogP contribution in [0, 0.1) is 11.2 Å². The van der Waals surface area contributed by atoms with Crippen LogP contribution >= 0.6 is 0 Å². The Morgan fingerprint density at radius 1 is 1.18 bits per heavy atom. The fraction of sp³-hybridized carbons (Fsp3) is 0.458. The molecule has 1 atom stereocenters. The van der Waals surface area contributed by atoms with Gasteiger partial charge in [-0.05, 0) is 48.9 Å². The first kappa shape index (κ1) is 24.7. The van der Waals surface area contributed by atoms with Crippen LogP contribution in [0.1, 0.15) is 57.8 Å². The van der Waals surface area contributed by atoms with Gasteiger partial charge in [0, 0.05) is 47.0 Å². The Morgan fingerprint density at radius 3 is 2.38 bits per heavy atom. The fourth-order valence-corrected chi connectivity index (χ4v) is 5.62. The molecule has 1 aliphatic carbocycles. The van der Waals surface area contributed by atoms with E-state index >= 15 is 4.39 Å². The van der Waals surface area contributed by atoms with E-state index in [9.17, 15) is 21.6 Å². The topological polar surface area (TPSA) is 64.0 Å². The van der Waals surface area contributed by atoms with Crippen LogP contribution in [0.3, 0.4) is 0 Å². The number of nitrogens with one attached hydrogen (secondary N) is 1. The van der Waals surface area contributed by atoms with E-state index in [4.69, 9.17) is 0 Å². The molecule has 1 saturated carbocycles. The van der Waals surface area contributed by atoms with Gasteiger partial charge in [-0.2, -0.15) is 13.2 Å². The van der Waals surface area contributed by atoms with Crippen molar-refractivity contribution < 1.29 is 26.0 Å². The summed E-state index contributed by atoms with van der Waals surface area (Å²) < 4.78 is 83.4. The van der Waals surface area contributed by atoms with E-state index in [1.165, 1.54) is 12.1 Å². The molecular formula is C24H27F4N3O2S. The zero-order chi connectivity index (χ0) is 25.1. The second-order valence-electron chi connectivity index (χ2n) is 10.1. The summed E-state index contributed by atoms with van der Waals surface area (Å²) in [6.45, 7) is 8.43. The summed E-state index contributed by atoms with van der Waals surface area (Å²) in [5.74, 6) is -0.624. The van der Waals surface area contributed by atoms with Gasteiger partial charge in [-0.3, -0.25) is 4.98 Å². The number of hydrogen-bond acceptors (Lipinski definition) is 3. The Bertz CT molecular complexity index is 1320. The van der Waals surface area contributed by atoms with Crippen LogP contribution in [0.4, 0.5) is 17.6 Å². The third-order valence-corrected chi connectivity index (χ3v) is 7.81. The fourth-order valence-electron chi connectivity index (χ4n) is 4.05. The normalized spacial score (nSPS) is 16.2. The van der Waals surface area contributed by atoms with Gasteiger partial charge in [0.05, 0.1) is 5.25 Å². The molecule has 2 heterocycles. The SMILES string of the molecule is CC(NS(=O)(=O)C1CC1)c1cn(CC(C)(C)C)c2cc(-c3ccc(C(F)(F)F)nc3)c(F)cc12. The van der Waals surface area contributed by atoms with Crippen LogP contribution in [0.5, 0.6) is 0 Å². The van der Waals surface area contributed by atoms with Gasteiger partial charge >= 0.3 is 6.18 Å². The molecule has 1 aromatic carbocycles. The first-order valence-electron chi connectivity index (χ1n) is 11.0. The van der Waals surface area contributed by atoms with E-state index in [1.54, 1.807) is 13.0 Å². The van der Waals surface area contributed by atoms with Crippen molar-refractivity contribution in [1.29, 1.82) is 0 Å². The van der Waals surface area contributed by atoms with E-state index in [2.05, 4.69) is 9.71 Å². The first-order chi connectivity index (χ1) is 15.7. The maximum Gasteiger partial charge on any atom is 0.433 e. The van der Waals surface area contributed by atoms with Crippen LogP contribution in [-0.2, 0) is 22.7 Å². The van der Waals surface area contributed by atoms with Crippen molar-refractivity contribution in [1.82, 2.24) is 14.3 Å². The van der Waals surface area contributed by atoms with Crippen molar-refractivity contribution in [2.75, 3.05) is 0 Å². The summed E-state index contributed by atoms with van der Waals surface area (Å²) in [6, 6.07) is 4.36. The summed E-state index contributed by atoms with van der Waals surface area (Å²) in [4.78, 5) is 3.45. The summed E-state index contributed by atoms with van der Waals surface area (Å²) in [6.07, 6.45) is -0.483. The lowest BCUT2D eigenvalue weighted by Gasteiger charge is -2.20. The lowest BCUT2D eigenvalue weighted by Crippen LogP contribution is -2.29. The van der Waals surface area contributed by atoms with Gasteiger partial charge in [0.15, 0.2) is 0 Å². The van der Waals surface area contributed by atoms with Crippen LogP contribution in [0.15, 0.2) is 36.7 Å².